The fourth-order valence-corrected chi connectivity index (χ4v) is 1.46. The second-order valence-electron chi connectivity index (χ2n) is 4.59. The molecule has 0 fully saturated rings. The first kappa shape index (κ1) is 14.9. The minimum atomic E-state index is 0.233. The van der Waals surface area contributed by atoms with Crippen molar-refractivity contribution in [2.24, 2.45) is 11.7 Å². The third-order valence-electron chi connectivity index (χ3n) is 2.59. The summed E-state index contributed by atoms with van der Waals surface area (Å²) >= 11 is 0. The van der Waals surface area contributed by atoms with Gasteiger partial charge in [-0.25, -0.2) is 0 Å². The van der Waals surface area contributed by atoms with E-state index in [1.54, 1.807) is 0 Å². The maximum atomic E-state index is 5.62. The van der Waals surface area contributed by atoms with Crippen LogP contribution in [0.25, 0.3) is 0 Å². The van der Waals surface area contributed by atoms with E-state index in [4.69, 9.17) is 10.5 Å². The minimum absolute atomic E-state index is 0.233. The Kier molecular flexibility index (Phi) is 9.06. The van der Waals surface area contributed by atoms with Gasteiger partial charge in [0.25, 0.3) is 0 Å². The minimum Gasteiger partial charge on any atom is -0.377 e. The third-order valence-corrected chi connectivity index (χ3v) is 2.59. The lowest BCUT2D eigenvalue weighted by Gasteiger charge is -2.21. The van der Waals surface area contributed by atoms with Gasteiger partial charge < -0.3 is 15.4 Å². The van der Waals surface area contributed by atoms with Gasteiger partial charge in [-0.3, -0.25) is 0 Å². The standard InChI is InChI=1S/C12H28N2O/c1-5-15-12(10-13)7-9-14(4)8-6-11(2)3/h11-12H,5-10,13H2,1-4H3. The second kappa shape index (κ2) is 9.13. The Hall–Kier alpha value is -0.120. The van der Waals surface area contributed by atoms with Crippen molar-refractivity contribution in [2.45, 2.75) is 39.7 Å². The highest BCUT2D eigenvalue weighted by atomic mass is 16.5. The van der Waals surface area contributed by atoms with Gasteiger partial charge in [0.05, 0.1) is 6.10 Å². The van der Waals surface area contributed by atoms with Crippen LogP contribution in [0.5, 0.6) is 0 Å². The molecule has 0 aromatic heterocycles. The zero-order chi connectivity index (χ0) is 11.7. The van der Waals surface area contributed by atoms with E-state index < -0.39 is 0 Å². The predicted octanol–water partition coefficient (Wildman–Crippen LogP) is 1.72. The van der Waals surface area contributed by atoms with Gasteiger partial charge >= 0.3 is 0 Å². The van der Waals surface area contributed by atoms with Crippen LogP contribution in [0.1, 0.15) is 33.6 Å². The van der Waals surface area contributed by atoms with Crippen molar-refractivity contribution in [3.05, 3.63) is 0 Å². The number of rotatable bonds is 9. The van der Waals surface area contributed by atoms with E-state index in [0.717, 1.165) is 25.5 Å². The molecule has 0 heterocycles. The maximum Gasteiger partial charge on any atom is 0.0709 e. The molecular weight excluding hydrogens is 188 g/mol. The summed E-state index contributed by atoms with van der Waals surface area (Å²) < 4.78 is 5.52. The molecule has 0 spiro atoms. The van der Waals surface area contributed by atoms with E-state index >= 15 is 0 Å². The summed E-state index contributed by atoms with van der Waals surface area (Å²) in [7, 11) is 2.17. The molecule has 0 amide bonds. The van der Waals surface area contributed by atoms with Gasteiger partial charge in [0.1, 0.15) is 0 Å². The second-order valence-corrected chi connectivity index (χ2v) is 4.59. The molecule has 0 aromatic carbocycles. The summed E-state index contributed by atoms with van der Waals surface area (Å²) in [5.74, 6) is 0.782. The van der Waals surface area contributed by atoms with Crippen LogP contribution in [0, 0.1) is 5.92 Å². The average molecular weight is 216 g/mol. The summed E-state index contributed by atoms with van der Waals surface area (Å²) in [6.07, 6.45) is 2.54. The Morgan fingerprint density at radius 3 is 2.27 bits per heavy atom. The summed E-state index contributed by atoms with van der Waals surface area (Å²) in [5.41, 5.74) is 5.62. The Morgan fingerprint density at radius 1 is 1.20 bits per heavy atom. The molecule has 3 nitrogen and oxygen atoms in total. The van der Waals surface area contributed by atoms with E-state index in [1.165, 1.54) is 13.0 Å². The molecule has 0 aromatic rings. The highest BCUT2D eigenvalue weighted by Crippen LogP contribution is 2.03. The van der Waals surface area contributed by atoms with Crippen LogP contribution in [-0.2, 0) is 4.74 Å². The number of nitrogens with zero attached hydrogens (tertiary/aromatic N) is 1. The predicted molar refractivity (Wildman–Crippen MR) is 66.0 cm³/mol. The summed E-state index contributed by atoms with van der Waals surface area (Å²) in [6.45, 7) is 10.2. The van der Waals surface area contributed by atoms with E-state index in [2.05, 4.69) is 25.8 Å². The van der Waals surface area contributed by atoms with Crippen molar-refractivity contribution in [2.75, 3.05) is 33.3 Å². The largest absolute Gasteiger partial charge is 0.377 e. The molecule has 1 unspecified atom stereocenters. The molecule has 0 aliphatic heterocycles. The molecular formula is C12H28N2O. The molecule has 0 aliphatic rings. The number of nitrogens with two attached hydrogens (primary N) is 1. The molecule has 15 heavy (non-hydrogen) atoms. The average Bonchev–Trinajstić information content (AvgIpc) is 2.21. The summed E-state index contributed by atoms with van der Waals surface area (Å²) in [4.78, 5) is 2.36. The molecule has 92 valence electrons. The molecule has 0 bridgehead atoms. The first-order valence-electron chi connectivity index (χ1n) is 6.10. The van der Waals surface area contributed by atoms with Crippen LogP contribution in [0.3, 0.4) is 0 Å². The highest BCUT2D eigenvalue weighted by Gasteiger charge is 2.07. The van der Waals surface area contributed by atoms with Gasteiger partial charge in [0, 0.05) is 19.7 Å². The lowest BCUT2D eigenvalue weighted by Crippen LogP contribution is -2.30. The molecule has 0 radical (unpaired) electrons. The first-order chi connectivity index (χ1) is 7.10. The van der Waals surface area contributed by atoms with Gasteiger partial charge in [0.15, 0.2) is 0 Å². The van der Waals surface area contributed by atoms with Gasteiger partial charge in [-0.15, -0.1) is 0 Å². The molecule has 1 atom stereocenters. The molecule has 0 saturated carbocycles. The van der Waals surface area contributed by atoms with E-state index in [-0.39, 0.29) is 6.10 Å². The number of hydrogen-bond acceptors (Lipinski definition) is 3. The lowest BCUT2D eigenvalue weighted by atomic mass is 10.1. The Balaban J connectivity index is 3.54. The van der Waals surface area contributed by atoms with E-state index in [1.807, 2.05) is 6.92 Å². The van der Waals surface area contributed by atoms with Gasteiger partial charge in [-0.1, -0.05) is 13.8 Å². The van der Waals surface area contributed by atoms with Crippen molar-refractivity contribution >= 4 is 0 Å². The lowest BCUT2D eigenvalue weighted by molar-refractivity contribution is 0.0561. The van der Waals surface area contributed by atoms with Crippen LogP contribution in [0.4, 0.5) is 0 Å². The first-order valence-corrected chi connectivity index (χ1v) is 6.10. The van der Waals surface area contributed by atoms with Crippen molar-refractivity contribution < 1.29 is 4.74 Å². The number of hydrogen-bond donors (Lipinski definition) is 1. The fraction of sp³-hybridized carbons (Fsp3) is 1.00. The molecule has 2 N–H and O–H groups in total. The molecule has 0 rings (SSSR count). The zero-order valence-corrected chi connectivity index (χ0v) is 10.8. The highest BCUT2D eigenvalue weighted by molar-refractivity contribution is 4.62. The molecule has 0 aliphatic carbocycles. The molecule has 3 heteroatoms. The topological polar surface area (TPSA) is 38.5 Å². The van der Waals surface area contributed by atoms with Crippen molar-refractivity contribution in [3.63, 3.8) is 0 Å². The van der Waals surface area contributed by atoms with Crippen molar-refractivity contribution in [1.82, 2.24) is 4.90 Å². The van der Waals surface area contributed by atoms with Crippen molar-refractivity contribution in [1.29, 1.82) is 0 Å². The smallest absolute Gasteiger partial charge is 0.0709 e. The van der Waals surface area contributed by atoms with Crippen LogP contribution < -0.4 is 5.73 Å². The van der Waals surface area contributed by atoms with E-state index in [9.17, 15) is 0 Å². The van der Waals surface area contributed by atoms with Crippen molar-refractivity contribution in [3.8, 4) is 0 Å². The van der Waals surface area contributed by atoms with Crippen LogP contribution in [0.2, 0.25) is 0 Å². The Labute approximate surface area is 95.0 Å². The monoisotopic (exact) mass is 216 g/mol. The van der Waals surface area contributed by atoms with Gasteiger partial charge in [-0.2, -0.15) is 0 Å². The van der Waals surface area contributed by atoms with Gasteiger partial charge in [-0.05, 0) is 39.3 Å². The fourth-order valence-electron chi connectivity index (χ4n) is 1.46. The quantitative estimate of drug-likeness (QED) is 0.638. The van der Waals surface area contributed by atoms with Gasteiger partial charge in [0.2, 0.25) is 0 Å². The molecule has 0 saturated heterocycles. The third kappa shape index (κ3) is 8.85. The normalized spacial score (nSPS) is 13.8. The Bertz CT molecular complexity index is 140. The summed E-state index contributed by atoms with van der Waals surface area (Å²) in [5, 5.41) is 0. The number of ether oxygens (including phenoxy) is 1. The SMILES string of the molecule is CCOC(CN)CCN(C)CCC(C)C. The summed E-state index contributed by atoms with van der Waals surface area (Å²) in [6, 6.07) is 0. The van der Waals surface area contributed by atoms with E-state index in [0.29, 0.717) is 6.54 Å². The zero-order valence-electron chi connectivity index (χ0n) is 10.8. The Morgan fingerprint density at radius 2 is 1.80 bits per heavy atom. The van der Waals surface area contributed by atoms with Crippen LogP contribution in [-0.4, -0.2) is 44.3 Å². The maximum absolute atomic E-state index is 5.62. The van der Waals surface area contributed by atoms with Crippen LogP contribution >= 0.6 is 0 Å². The van der Waals surface area contributed by atoms with Crippen LogP contribution in [0.15, 0.2) is 0 Å².